The molecule has 0 fully saturated rings. The van der Waals surface area contributed by atoms with Crippen LogP contribution in [0.4, 0.5) is 5.69 Å². The van der Waals surface area contributed by atoms with Crippen LogP contribution in [0, 0.1) is 0 Å². The van der Waals surface area contributed by atoms with Gasteiger partial charge in [0.1, 0.15) is 0 Å². The molecule has 1 aliphatic heterocycles. The van der Waals surface area contributed by atoms with Crippen LogP contribution in [0.2, 0.25) is 0 Å². The van der Waals surface area contributed by atoms with E-state index in [1.807, 2.05) is 6.92 Å². The lowest BCUT2D eigenvalue weighted by atomic mass is 10.1. The Morgan fingerprint density at radius 2 is 2.12 bits per heavy atom. The molecule has 1 aliphatic rings. The molecule has 5 heteroatoms. The highest BCUT2D eigenvalue weighted by Crippen LogP contribution is 2.31. The number of hydrogen-bond acceptors (Lipinski definition) is 3. The van der Waals surface area contributed by atoms with Crippen LogP contribution in [-0.4, -0.2) is 31.4 Å². The maximum Gasteiger partial charge on any atom is 0.299 e. The monoisotopic (exact) mass is 297 g/mol. The van der Waals surface area contributed by atoms with Crippen molar-refractivity contribution in [3.8, 4) is 0 Å². The van der Waals surface area contributed by atoms with Crippen molar-refractivity contribution >= 4 is 33.3 Å². The van der Waals surface area contributed by atoms with Gasteiger partial charge in [-0.2, -0.15) is 0 Å². The number of carbonyl (C=O) groups excluding carboxylic acids is 2. The first-order valence-corrected chi connectivity index (χ1v) is 6.02. The van der Waals surface area contributed by atoms with E-state index in [1.165, 1.54) is 4.90 Å². The fourth-order valence-electron chi connectivity index (χ4n) is 1.78. The molecule has 90 valence electrons. The average molecular weight is 298 g/mol. The molecule has 1 amide bonds. The number of anilines is 1. The third-order valence-electron chi connectivity index (χ3n) is 2.78. The first kappa shape index (κ1) is 12.3. The van der Waals surface area contributed by atoms with Crippen molar-refractivity contribution in [2.24, 2.45) is 0 Å². The minimum absolute atomic E-state index is 0.114. The van der Waals surface area contributed by atoms with E-state index in [4.69, 9.17) is 4.74 Å². The predicted molar refractivity (Wildman–Crippen MR) is 67.3 cm³/mol. The maximum atomic E-state index is 11.8. The molecule has 0 bridgehead atoms. The molecular formula is C12H12BrNO3. The molecule has 1 aromatic rings. The number of ketones is 1. The van der Waals surface area contributed by atoms with Gasteiger partial charge in [-0.15, -0.1) is 0 Å². The number of carbonyl (C=O) groups is 2. The van der Waals surface area contributed by atoms with Crippen molar-refractivity contribution in [3.63, 3.8) is 0 Å². The van der Waals surface area contributed by atoms with Crippen molar-refractivity contribution < 1.29 is 14.3 Å². The van der Waals surface area contributed by atoms with Crippen molar-refractivity contribution in [1.82, 2.24) is 0 Å². The Morgan fingerprint density at radius 3 is 2.76 bits per heavy atom. The van der Waals surface area contributed by atoms with Gasteiger partial charge >= 0.3 is 0 Å². The van der Waals surface area contributed by atoms with Crippen molar-refractivity contribution in [2.75, 3.05) is 18.6 Å². The molecule has 1 atom stereocenters. The van der Waals surface area contributed by atoms with Crippen LogP contribution in [-0.2, 0) is 9.53 Å². The van der Waals surface area contributed by atoms with Gasteiger partial charge in [-0.05, 0) is 25.1 Å². The third-order valence-corrected chi connectivity index (χ3v) is 3.27. The summed E-state index contributed by atoms with van der Waals surface area (Å²) in [6, 6.07) is 5.20. The van der Waals surface area contributed by atoms with E-state index in [9.17, 15) is 9.59 Å². The summed E-state index contributed by atoms with van der Waals surface area (Å²) in [6.45, 7) is 2.23. The average Bonchev–Trinajstić information content (AvgIpc) is 2.54. The summed E-state index contributed by atoms with van der Waals surface area (Å²) in [5.74, 6) is -0.933. The molecule has 0 aromatic heterocycles. The SMILES string of the molecule is COC(C)CN1C(=O)C(=O)c2ccc(Br)cc21. The Labute approximate surface area is 108 Å². The lowest BCUT2D eigenvalue weighted by Crippen LogP contribution is -2.36. The Balaban J connectivity index is 2.39. The lowest BCUT2D eigenvalue weighted by Gasteiger charge is -2.20. The highest BCUT2D eigenvalue weighted by molar-refractivity contribution is 9.10. The number of nitrogens with zero attached hydrogens (tertiary/aromatic N) is 1. The number of amides is 1. The van der Waals surface area contributed by atoms with E-state index in [-0.39, 0.29) is 6.10 Å². The van der Waals surface area contributed by atoms with Gasteiger partial charge in [-0.3, -0.25) is 9.59 Å². The predicted octanol–water partition coefficient (Wildman–Crippen LogP) is 2.01. The van der Waals surface area contributed by atoms with Crippen LogP contribution in [0.15, 0.2) is 22.7 Å². The number of halogens is 1. The summed E-state index contributed by atoms with van der Waals surface area (Å²) in [5.41, 5.74) is 1.11. The second kappa shape index (κ2) is 4.58. The number of benzene rings is 1. The molecule has 17 heavy (non-hydrogen) atoms. The maximum absolute atomic E-state index is 11.8. The number of rotatable bonds is 3. The van der Waals surface area contributed by atoms with Gasteiger partial charge in [0.05, 0.1) is 23.9 Å². The standard InChI is InChI=1S/C12H12BrNO3/c1-7(17-2)6-14-10-5-8(13)3-4-9(10)11(15)12(14)16/h3-5,7H,6H2,1-2H3. The van der Waals surface area contributed by atoms with Crippen LogP contribution >= 0.6 is 15.9 Å². The summed E-state index contributed by atoms with van der Waals surface area (Å²) in [7, 11) is 1.58. The van der Waals surface area contributed by atoms with Crippen LogP contribution in [0.1, 0.15) is 17.3 Å². The van der Waals surface area contributed by atoms with Crippen molar-refractivity contribution in [1.29, 1.82) is 0 Å². The zero-order chi connectivity index (χ0) is 12.6. The molecule has 0 spiro atoms. The van der Waals surface area contributed by atoms with Crippen molar-refractivity contribution in [3.05, 3.63) is 28.2 Å². The fraction of sp³-hybridized carbons (Fsp3) is 0.333. The Morgan fingerprint density at radius 1 is 1.41 bits per heavy atom. The molecule has 1 heterocycles. The minimum atomic E-state index is -0.484. The molecule has 2 rings (SSSR count). The van der Waals surface area contributed by atoms with Gasteiger partial charge in [-0.25, -0.2) is 0 Å². The molecule has 0 N–H and O–H groups in total. The van der Waals surface area contributed by atoms with Gasteiger partial charge in [0.25, 0.3) is 11.7 Å². The molecular weight excluding hydrogens is 286 g/mol. The smallest absolute Gasteiger partial charge is 0.299 e. The topological polar surface area (TPSA) is 46.6 Å². The van der Waals surface area contributed by atoms with E-state index in [0.29, 0.717) is 17.8 Å². The molecule has 0 radical (unpaired) electrons. The van der Waals surface area contributed by atoms with Gasteiger partial charge in [-0.1, -0.05) is 15.9 Å². The summed E-state index contributed by atoms with van der Waals surface area (Å²) < 4.78 is 5.97. The van der Waals surface area contributed by atoms with E-state index in [1.54, 1.807) is 25.3 Å². The van der Waals surface area contributed by atoms with Gasteiger partial charge in [0.2, 0.25) is 0 Å². The normalized spacial score (nSPS) is 16.3. The Hall–Kier alpha value is -1.20. The summed E-state index contributed by atoms with van der Waals surface area (Å²) >= 11 is 3.34. The Bertz CT molecular complexity index is 487. The number of fused-ring (bicyclic) bond motifs is 1. The molecule has 4 nitrogen and oxygen atoms in total. The summed E-state index contributed by atoms with van der Waals surface area (Å²) in [4.78, 5) is 25.0. The fourth-order valence-corrected chi connectivity index (χ4v) is 2.13. The lowest BCUT2D eigenvalue weighted by molar-refractivity contribution is -0.114. The third kappa shape index (κ3) is 2.12. The molecule has 0 saturated heterocycles. The number of ether oxygens (including phenoxy) is 1. The highest BCUT2D eigenvalue weighted by atomic mass is 79.9. The van der Waals surface area contributed by atoms with Gasteiger partial charge in [0, 0.05) is 11.6 Å². The minimum Gasteiger partial charge on any atom is -0.380 e. The number of Topliss-reactive ketones (excluding diaryl/α,β-unsaturated/α-hetero) is 1. The van der Waals surface area contributed by atoms with E-state index in [2.05, 4.69) is 15.9 Å². The Kier molecular flexibility index (Phi) is 3.31. The zero-order valence-electron chi connectivity index (χ0n) is 9.57. The second-order valence-electron chi connectivity index (χ2n) is 3.95. The first-order chi connectivity index (χ1) is 8.04. The van der Waals surface area contributed by atoms with E-state index in [0.717, 1.165) is 4.47 Å². The van der Waals surface area contributed by atoms with Crippen LogP contribution in [0.5, 0.6) is 0 Å². The summed E-state index contributed by atoms with van der Waals surface area (Å²) in [5, 5.41) is 0. The van der Waals surface area contributed by atoms with Crippen molar-refractivity contribution in [2.45, 2.75) is 13.0 Å². The van der Waals surface area contributed by atoms with E-state index >= 15 is 0 Å². The van der Waals surface area contributed by atoms with Crippen LogP contribution in [0.25, 0.3) is 0 Å². The van der Waals surface area contributed by atoms with Crippen LogP contribution < -0.4 is 4.90 Å². The first-order valence-electron chi connectivity index (χ1n) is 5.23. The molecule has 1 aromatic carbocycles. The number of hydrogen-bond donors (Lipinski definition) is 0. The molecule has 1 unspecified atom stereocenters. The van der Waals surface area contributed by atoms with E-state index < -0.39 is 11.7 Å². The molecule has 0 aliphatic carbocycles. The quantitative estimate of drug-likeness (QED) is 0.802. The highest BCUT2D eigenvalue weighted by Gasteiger charge is 2.36. The van der Waals surface area contributed by atoms with Crippen LogP contribution in [0.3, 0.4) is 0 Å². The van der Waals surface area contributed by atoms with Gasteiger partial charge in [0.15, 0.2) is 0 Å². The zero-order valence-corrected chi connectivity index (χ0v) is 11.2. The summed E-state index contributed by atoms with van der Waals surface area (Å²) in [6.07, 6.45) is -0.114. The largest absolute Gasteiger partial charge is 0.380 e. The van der Waals surface area contributed by atoms with Gasteiger partial charge < -0.3 is 9.64 Å². The second-order valence-corrected chi connectivity index (χ2v) is 4.87. The molecule has 0 saturated carbocycles. The number of methoxy groups -OCH3 is 1.